The number of amides is 1. The first-order valence-corrected chi connectivity index (χ1v) is 7.49. The van der Waals surface area contributed by atoms with Crippen LogP contribution in [0.15, 0.2) is 36.6 Å². The van der Waals surface area contributed by atoms with Gasteiger partial charge in [-0.1, -0.05) is 6.07 Å². The van der Waals surface area contributed by atoms with E-state index in [0.29, 0.717) is 37.9 Å². The summed E-state index contributed by atoms with van der Waals surface area (Å²) in [5, 5.41) is 9.01. The molecule has 1 aromatic rings. The molecule has 2 heterocycles. The predicted octanol–water partition coefficient (Wildman–Crippen LogP) is 1.86. The normalized spacial score (nSPS) is 19.5. The summed E-state index contributed by atoms with van der Waals surface area (Å²) in [6.07, 6.45) is 4.40. The van der Waals surface area contributed by atoms with Crippen molar-refractivity contribution < 1.29 is 24.2 Å². The summed E-state index contributed by atoms with van der Waals surface area (Å²) >= 11 is 0. The van der Waals surface area contributed by atoms with E-state index in [-0.39, 0.29) is 17.3 Å². The van der Waals surface area contributed by atoms with Gasteiger partial charge in [0.1, 0.15) is 5.60 Å². The van der Waals surface area contributed by atoms with Crippen LogP contribution in [0.25, 0.3) is 0 Å². The quantitative estimate of drug-likeness (QED) is 0.900. The number of hydrogen-bond donors (Lipinski definition) is 1. The lowest BCUT2D eigenvalue weighted by molar-refractivity contribution is -0.125. The van der Waals surface area contributed by atoms with Crippen LogP contribution in [0.3, 0.4) is 0 Å². The van der Waals surface area contributed by atoms with E-state index in [0.717, 1.165) is 0 Å². The highest BCUT2D eigenvalue weighted by Gasteiger charge is 2.40. The first kappa shape index (κ1) is 15.3. The van der Waals surface area contributed by atoms with E-state index in [1.54, 1.807) is 17.0 Å². The van der Waals surface area contributed by atoms with Gasteiger partial charge in [0.05, 0.1) is 18.2 Å². The lowest BCUT2D eigenvalue weighted by Crippen LogP contribution is -2.49. The molecule has 1 fully saturated rings. The molecule has 1 spiro atoms. The lowest BCUT2D eigenvalue weighted by Gasteiger charge is -2.41. The van der Waals surface area contributed by atoms with Gasteiger partial charge in [-0.2, -0.15) is 0 Å². The number of carbonyl (C=O) groups excluding carboxylic acids is 2. The predicted molar refractivity (Wildman–Crippen MR) is 81.1 cm³/mol. The lowest BCUT2D eigenvalue weighted by atomic mass is 9.85. The maximum Gasteiger partial charge on any atom is 0.335 e. The van der Waals surface area contributed by atoms with E-state index in [4.69, 9.17) is 9.84 Å². The average Bonchev–Trinajstić information content (AvgIpc) is 2.55. The van der Waals surface area contributed by atoms with Gasteiger partial charge < -0.3 is 14.7 Å². The standard InChI is InChI=1S/C17H17NO5/c19-14-4-9-23-17(11-14)5-7-18(8-6-17)15(20)12-2-1-3-13(10-12)16(21)22/h1-4,9-10H,5-8,11H2,(H,21,22). The van der Waals surface area contributed by atoms with Gasteiger partial charge in [0.2, 0.25) is 0 Å². The molecule has 2 aliphatic rings. The summed E-state index contributed by atoms with van der Waals surface area (Å²) in [6.45, 7) is 0.967. The number of carboxylic acids is 1. The van der Waals surface area contributed by atoms with E-state index >= 15 is 0 Å². The summed E-state index contributed by atoms with van der Waals surface area (Å²) in [6, 6.07) is 6.02. The summed E-state index contributed by atoms with van der Waals surface area (Å²) in [7, 11) is 0. The second-order valence-corrected chi connectivity index (χ2v) is 5.92. The van der Waals surface area contributed by atoms with Gasteiger partial charge in [0.25, 0.3) is 5.91 Å². The van der Waals surface area contributed by atoms with Crippen LogP contribution in [0.5, 0.6) is 0 Å². The van der Waals surface area contributed by atoms with Crippen LogP contribution >= 0.6 is 0 Å². The van der Waals surface area contributed by atoms with Gasteiger partial charge in [-0.3, -0.25) is 9.59 Å². The monoisotopic (exact) mass is 315 g/mol. The summed E-state index contributed by atoms with van der Waals surface area (Å²) in [4.78, 5) is 36.8. The van der Waals surface area contributed by atoms with Crippen molar-refractivity contribution in [2.45, 2.75) is 24.9 Å². The molecule has 6 nitrogen and oxygen atoms in total. The molecule has 0 aromatic heterocycles. The summed E-state index contributed by atoms with van der Waals surface area (Å²) in [5.41, 5.74) is -0.0389. The summed E-state index contributed by atoms with van der Waals surface area (Å²) < 4.78 is 5.64. The van der Waals surface area contributed by atoms with Crippen molar-refractivity contribution in [1.29, 1.82) is 0 Å². The fourth-order valence-corrected chi connectivity index (χ4v) is 3.05. The average molecular weight is 315 g/mol. The molecule has 0 saturated carbocycles. The number of piperidine rings is 1. The number of benzene rings is 1. The van der Waals surface area contributed by atoms with E-state index in [1.165, 1.54) is 24.5 Å². The van der Waals surface area contributed by atoms with Crippen LogP contribution in [0.4, 0.5) is 0 Å². The zero-order chi connectivity index (χ0) is 16.4. The van der Waals surface area contributed by atoms with E-state index in [9.17, 15) is 14.4 Å². The minimum atomic E-state index is -1.06. The molecular formula is C17H17NO5. The fraction of sp³-hybridized carbons (Fsp3) is 0.353. The number of aromatic carboxylic acids is 1. The van der Waals surface area contributed by atoms with Gasteiger partial charge in [0, 0.05) is 37.6 Å². The molecule has 0 aliphatic carbocycles. The Hall–Kier alpha value is -2.63. The largest absolute Gasteiger partial charge is 0.494 e. The molecule has 0 unspecified atom stereocenters. The zero-order valence-electron chi connectivity index (χ0n) is 12.5. The number of hydrogen-bond acceptors (Lipinski definition) is 4. The molecule has 0 radical (unpaired) electrons. The number of carboxylic acid groups (broad SMARTS) is 1. The number of likely N-dealkylation sites (tertiary alicyclic amines) is 1. The van der Waals surface area contributed by atoms with Crippen molar-refractivity contribution in [2.75, 3.05) is 13.1 Å². The second kappa shape index (κ2) is 5.87. The Morgan fingerprint density at radius 1 is 1.17 bits per heavy atom. The third kappa shape index (κ3) is 3.11. The molecule has 6 heteroatoms. The molecule has 2 aliphatic heterocycles. The Kier molecular flexibility index (Phi) is 3.90. The topological polar surface area (TPSA) is 83.9 Å². The second-order valence-electron chi connectivity index (χ2n) is 5.92. The van der Waals surface area contributed by atoms with Crippen molar-refractivity contribution in [1.82, 2.24) is 4.90 Å². The Bertz CT molecular complexity index is 686. The minimum absolute atomic E-state index is 0.0465. The number of rotatable bonds is 2. The van der Waals surface area contributed by atoms with Crippen molar-refractivity contribution in [2.24, 2.45) is 0 Å². The van der Waals surface area contributed by atoms with Crippen molar-refractivity contribution in [3.63, 3.8) is 0 Å². The first-order chi connectivity index (χ1) is 11.0. The SMILES string of the molecule is O=C1C=COC2(CCN(C(=O)c3cccc(C(=O)O)c3)CC2)C1. The number of nitrogens with zero attached hydrogens (tertiary/aromatic N) is 1. The van der Waals surface area contributed by atoms with Gasteiger partial charge in [-0.25, -0.2) is 4.79 Å². The van der Waals surface area contributed by atoms with Crippen LogP contribution in [-0.4, -0.2) is 46.4 Å². The number of allylic oxidation sites excluding steroid dienone is 1. The molecule has 0 atom stereocenters. The van der Waals surface area contributed by atoms with Gasteiger partial charge in [-0.15, -0.1) is 0 Å². The molecular weight excluding hydrogens is 298 g/mol. The van der Waals surface area contributed by atoms with E-state index in [1.807, 2.05) is 0 Å². The summed E-state index contributed by atoms with van der Waals surface area (Å²) in [5.74, 6) is -1.20. The van der Waals surface area contributed by atoms with Gasteiger partial charge in [0.15, 0.2) is 5.78 Å². The Balaban J connectivity index is 1.69. The van der Waals surface area contributed by atoms with Crippen LogP contribution in [-0.2, 0) is 9.53 Å². The number of carbonyl (C=O) groups is 3. The molecule has 3 rings (SSSR count). The Labute approximate surface area is 133 Å². The van der Waals surface area contributed by atoms with E-state index in [2.05, 4.69) is 0 Å². The van der Waals surface area contributed by atoms with Crippen molar-refractivity contribution >= 4 is 17.7 Å². The Morgan fingerprint density at radius 3 is 2.52 bits per heavy atom. The van der Waals surface area contributed by atoms with Crippen molar-refractivity contribution in [3.8, 4) is 0 Å². The molecule has 23 heavy (non-hydrogen) atoms. The third-order valence-electron chi connectivity index (χ3n) is 4.39. The molecule has 1 N–H and O–H groups in total. The maximum absolute atomic E-state index is 12.5. The molecule has 120 valence electrons. The van der Waals surface area contributed by atoms with Gasteiger partial charge >= 0.3 is 5.97 Å². The zero-order valence-corrected chi connectivity index (χ0v) is 12.5. The third-order valence-corrected chi connectivity index (χ3v) is 4.39. The fourth-order valence-electron chi connectivity index (χ4n) is 3.05. The van der Waals surface area contributed by atoms with Crippen LogP contribution in [0.2, 0.25) is 0 Å². The highest BCUT2D eigenvalue weighted by Crippen LogP contribution is 2.33. The van der Waals surface area contributed by atoms with Crippen molar-refractivity contribution in [3.05, 3.63) is 47.7 Å². The number of ketones is 1. The molecule has 1 aromatic carbocycles. The first-order valence-electron chi connectivity index (χ1n) is 7.49. The Morgan fingerprint density at radius 2 is 1.87 bits per heavy atom. The van der Waals surface area contributed by atoms with Crippen LogP contribution in [0, 0.1) is 0 Å². The molecule has 1 amide bonds. The minimum Gasteiger partial charge on any atom is -0.494 e. The highest BCUT2D eigenvalue weighted by molar-refractivity contribution is 5.97. The highest BCUT2D eigenvalue weighted by atomic mass is 16.5. The van der Waals surface area contributed by atoms with Crippen LogP contribution in [0.1, 0.15) is 40.0 Å². The number of ether oxygens (including phenoxy) is 1. The van der Waals surface area contributed by atoms with Gasteiger partial charge in [-0.05, 0) is 18.2 Å². The smallest absolute Gasteiger partial charge is 0.335 e. The van der Waals surface area contributed by atoms with Crippen LogP contribution < -0.4 is 0 Å². The molecule has 0 bridgehead atoms. The van der Waals surface area contributed by atoms with E-state index < -0.39 is 11.6 Å². The maximum atomic E-state index is 12.5. The molecule has 1 saturated heterocycles.